The van der Waals surface area contributed by atoms with Crippen LogP contribution >= 0.6 is 0 Å². The molecule has 2 aromatic rings. The zero-order valence-corrected chi connectivity index (χ0v) is 17.1. The van der Waals surface area contributed by atoms with Gasteiger partial charge in [0, 0.05) is 38.4 Å². The standard InChI is InChI=1S/C22H28N4O3/c1-24(2)14-18-8-4-3-7-17(18)13-23-22(29)19-9-10-20(27)26(15-19)16-21(28)25-11-5-6-12-25/h3-4,7-10,15H,5-6,11-14,16H2,1-2H3,(H,23,29). The maximum atomic E-state index is 12.6. The first-order valence-electron chi connectivity index (χ1n) is 9.92. The van der Waals surface area contributed by atoms with Crippen LogP contribution in [0.3, 0.4) is 0 Å². The van der Waals surface area contributed by atoms with E-state index in [0.717, 1.165) is 43.6 Å². The molecule has 1 aromatic carbocycles. The van der Waals surface area contributed by atoms with E-state index in [0.29, 0.717) is 12.1 Å². The normalized spacial score (nSPS) is 13.7. The molecule has 1 aliphatic rings. The molecule has 1 saturated heterocycles. The molecule has 0 bridgehead atoms. The SMILES string of the molecule is CN(C)Cc1ccccc1CNC(=O)c1ccc(=O)n(CC(=O)N2CCCC2)c1. The topological polar surface area (TPSA) is 74.6 Å². The number of carbonyl (C=O) groups is 2. The monoisotopic (exact) mass is 396 g/mol. The summed E-state index contributed by atoms with van der Waals surface area (Å²) in [4.78, 5) is 40.9. The lowest BCUT2D eigenvalue weighted by Crippen LogP contribution is -2.35. The van der Waals surface area contributed by atoms with Gasteiger partial charge in [0.1, 0.15) is 6.54 Å². The molecule has 154 valence electrons. The third-order valence-electron chi connectivity index (χ3n) is 5.05. The highest BCUT2D eigenvalue weighted by Gasteiger charge is 2.19. The zero-order valence-electron chi connectivity index (χ0n) is 17.1. The Morgan fingerprint density at radius 3 is 2.41 bits per heavy atom. The van der Waals surface area contributed by atoms with E-state index in [1.807, 2.05) is 38.4 Å². The van der Waals surface area contributed by atoms with Crippen LogP contribution in [-0.4, -0.2) is 53.4 Å². The van der Waals surface area contributed by atoms with Gasteiger partial charge in [-0.15, -0.1) is 0 Å². The predicted molar refractivity (Wildman–Crippen MR) is 112 cm³/mol. The number of carbonyl (C=O) groups excluding carboxylic acids is 2. The van der Waals surface area contributed by atoms with E-state index < -0.39 is 0 Å². The van der Waals surface area contributed by atoms with Gasteiger partial charge >= 0.3 is 0 Å². The number of benzene rings is 1. The lowest BCUT2D eigenvalue weighted by Gasteiger charge is -2.16. The second kappa shape index (κ2) is 9.52. The Kier molecular flexibility index (Phi) is 6.82. The second-order valence-corrected chi connectivity index (χ2v) is 7.66. The van der Waals surface area contributed by atoms with Crippen molar-refractivity contribution in [1.29, 1.82) is 0 Å². The Balaban J connectivity index is 1.67. The smallest absolute Gasteiger partial charge is 0.253 e. The van der Waals surface area contributed by atoms with E-state index >= 15 is 0 Å². The van der Waals surface area contributed by atoms with Crippen molar-refractivity contribution < 1.29 is 9.59 Å². The minimum atomic E-state index is -0.287. The molecular formula is C22H28N4O3. The molecule has 0 aliphatic carbocycles. The van der Waals surface area contributed by atoms with Gasteiger partial charge in [-0.3, -0.25) is 14.4 Å². The minimum absolute atomic E-state index is 0.0361. The van der Waals surface area contributed by atoms with Gasteiger partial charge in [-0.1, -0.05) is 24.3 Å². The Morgan fingerprint density at radius 2 is 1.72 bits per heavy atom. The molecule has 0 atom stereocenters. The number of rotatable bonds is 7. The van der Waals surface area contributed by atoms with Crippen molar-refractivity contribution in [2.75, 3.05) is 27.2 Å². The van der Waals surface area contributed by atoms with E-state index in [4.69, 9.17) is 0 Å². The number of hydrogen-bond acceptors (Lipinski definition) is 4. The van der Waals surface area contributed by atoms with E-state index in [1.165, 1.54) is 22.9 Å². The largest absolute Gasteiger partial charge is 0.348 e. The molecule has 1 aromatic heterocycles. The summed E-state index contributed by atoms with van der Waals surface area (Å²) in [5, 5.41) is 2.92. The number of nitrogens with zero attached hydrogens (tertiary/aromatic N) is 3. The lowest BCUT2D eigenvalue weighted by molar-refractivity contribution is -0.130. The van der Waals surface area contributed by atoms with Crippen LogP contribution in [-0.2, 0) is 24.4 Å². The minimum Gasteiger partial charge on any atom is -0.348 e. The van der Waals surface area contributed by atoms with Crippen LogP contribution in [0.1, 0.15) is 34.3 Å². The molecule has 3 rings (SSSR count). The molecule has 0 saturated carbocycles. The fourth-order valence-electron chi connectivity index (χ4n) is 3.50. The van der Waals surface area contributed by atoms with Crippen molar-refractivity contribution in [1.82, 2.24) is 19.7 Å². The van der Waals surface area contributed by atoms with Gasteiger partial charge in [-0.05, 0) is 44.1 Å². The average Bonchev–Trinajstić information content (AvgIpc) is 3.23. The van der Waals surface area contributed by atoms with E-state index in [2.05, 4.69) is 10.2 Å². The van der Waals surface area contributed by atoms with Crippen molar-refractivity contribution >= 4 is 11.8 Å². The first kappa shape index (κ1) is 20.8. The quantitative estimate of drug-likeness (QED) is 0.769. The highest BCUT2D eigenvalue weighted by molar-refractivity contribution is 5.93. The van der Waals surface area contributed by atoms with Crippen LogP contribution in [0.2, 0.25) is 0 Å². The van der Waals surface area contributed by atoms with Gasteiger partial charge in [0.05, 0.1) is 5.56 Å². The van der Waals surface area contributed by atoms with Gasteiger partial charge in [0.15, 0.2) is 0 Å². The highest BCUT2D eigenvalue weighted by atomic mass is 16.2. The summed E-state index contributed by atoms with van der Waals surface area (Å²) in [6.45, 7) is 2.62. The van der Waals surface area contributed by atoms with Crippen LogP contribution in [0.15, 0.2) is 47.4 Å². The summed E-state index contributed by atoms with van der Waals surface area (Å²) in [5.41, 5.74) is 2.28. The molecule has 0 spiro atoms. The van der Waals surface area contributed by atoms with Crippen molar-refractivity contribution in [2.24, 2.45) is 0 Å². The van der Waals surface area contributed by atoms with Gasteiger partial charge < -0.3 is 19.7 Å². The summed E-state index contributed by atoms with van der Waals surface area (Å²) >= 11 is 0. The number of likely N-dealkylation sites (tertiary alicyclic amines) is 1. The molecule has 1 aliphatic heterocycles. The molecule has 2 amide bonds. The van der Waals surface area contributed by atoms with E-state index in [-0.39, 0.29) is 23.9 Å². The number of amides is 2. The maximum Gasteiger partial charge on any atom is 0.253 e. The summed E-state index contributed by atoms with van der Waals surface area (Å²) in [5.74, 6) is -0.355. The average molecular weight is 396 g/mol. The summed E-state index contributed by atoms with van der Waals surface area (Å²) < 4.78 is 1.32. The van der Waals surface area contributed by atoms with Gasteiger partial charge in [0.2, 0.25) is 5.91 Å². The van der Waals surface area contributed by atoms with Crippen LogP contribution in [0, 0.1) is 0 Å². The summed E-state index contributed by atoms with van der Waals surface area (Å²) in [7, 11) is 4.00. The van der Waals surface area contributed by atoms with Crippen LogP contribution in [0.4, 0.5) is 0 Å². The lowest BCUT2D eigenvalue weighted by atomic mass is 10.1. The maximum absolute atomic E-state index is 12.6. The molecule has 7 heteroatoms. The number of hydrogen-bond donors (Lipinski definition) is 1. The fourth-order valence-corrected chi connectivity index (χ4v) is 3.50. The summed E-state index contributed by atoms with van der Waals surface area (Å²) in [6.07, 6.45) is 3.47. The number of aromatic nitrogens is 1. The van der Waals surface area contributed by atoms with Crippen LogP contribution < -0.4 is 10.9 Å². The first-order valence-corrected chi connectivity index (χ1v) is 9.92. The molecule has 7 nitrogen and oxygen atoms in total. The molecule has 1 fully saturated rings. The zero-order chi connectivity index (χ0) is 20.8. The second-order valence-electron chi connectivity index (χ2n) is 7.66. The fraction of sp³-hybridized carbons (Fsp3) is 0.409. The van der Waals surface area contributed by atoms with Crippen molar-refractivity contribution in [3.63, 3.8) is 0 Å². The van der Waals surface area contributed by atoms with Crippen molar-refractivity contribution in [3.8, 4) is 0 Å². The van der Waals surface area contributed by atoms with Crippen molar-refractivity contribution in [3.05, 3.63) is 69.6 Å². The van der Waals surface area contributed by atoms with Gasteiger partial charge in [-0.25, -0.2) is 0 Å². The third-order valence-corrected chi connectivity index (χ3v) is 5.05. The van der Waals surface area contributed by atoms with Crippen LogP contribution in [0.25, 0.3) is 0 Å². The molecule has 0 radical (unpaired) electrons. The van der Waals surface area contributed by atoms with E-state index in [1.54, 1.807) is 4.90 Å². The molecule has 0 unspecified atom stereocenters. The predicted octanol–water partition coefficient (Wildman–Crippen LogP) is 1.46. The number of nitrogens with one attached hydrogen (secondary N) is 1. The Hall–Kier alpha value is -2.93. The first-order chi connectivity index (χ1) is 13.9. The molecule has 2 heterocycles. The molecular weight excluding hydrogens is 368 g/mol. The van der Waals surface area contributed by atoms with Gasteiger partial charge in [0.25, 0.3) is 11.5 Å². The van der Waals surface area contributed by atoms with E-state index in [9.17, 15) is 14.4 Å². The highest BCUT2D eigenvalue weighted by Crippen LogP contribution is 2.11. The Labute approximate surface area is 170 Å². The third kappa shape index (κ3) is 5.54. The Bertz CT molecular complexity index is 930. The Morgan fingerprint density at radius 1 is 1.03 bits per heavy atom. The van der Waals surface area contributed by atoms with Gasteiger partial charge in [-0.2, -0.15) is 0 Å². The number of pyridine rings is 1. The molecule has 29 heavy (non-hydrogen) atoms. The van der Waals surface area contributed by atoms with Crippen LogP contribution in [0.5, 0.6) is 0 Å². The molecule has 1 N–H and O–H groups in total. The summed E-state index contributed by atoms with van der Waals surface area (Å²) in [6, 6.07) is 10.8. The van der Waals surface area contributed by atoms with Crippen molar-refractivity contribution in [2.45, 2.75) is 32.5 Å².